The van der Waals surface area contributed by atoms with Crippen LogP contribution in [0.5, 0.6) is 0 Å². The largest absolute Gasteiger partial charge is 0.380 e. The Labute approximate surface area is 99.2 Å². The van der Waals surface area contributed by atoms with Crippen LogP contribution in [-0.2, 0) is 16.9 Å². The van der Waals surface area contributed by atoms with Gasteiger partial charge in [-0.15, -0.1) is 11.3 Å². The van der Waals surface area contributed by atoms with E-state index in [0.717, 1.165) is 12.4 Å². The Morgan fingerprint density at radius 2 is 2.47 bits per heavy atom. The summed E-state index contributed by atoms with van der Waals surface area (Å²) in [6.45, 7) is 3.39. The molecule has 4 heteroatoms. The van der Waals surface area contributed by atoms with Crippen LogP contribution in [0.3, 0.4) is 0 Å². The van der Waals surface area contributed by atoms with E-state index in [1.54, 1.807) is 0 Å². The number of nitrogens with two attached hydrogens (primary N) is 1. The minimum absolute atomic E-state index is 0.0607. The van der Waals surface area contributed by atoms with Gasteiger partial charge in [0.1, 0.15) is 0 Å². The molecule has 1 atom stereocenters. The van der Waals surface area contributed by atoms with Crippen molar-refractivity contribution in [3.63, 3.8) is 0 Å². The number of hydrogen-bond acceptors (Lipinski definition) is 4. The van der Waals surface area contributed by atoms with Crippen LogP contribution in [0, 0.1) is 0 Å². The predicted octanol–water partition coefficient (Wildman–Crippen LogP) is 2.57. The molecule has 2 heterocycles. The summed E-state index contributed by atoms with van der Waals surface area (Å²) >= 11 is 3.89. The lowest BCUT2D eigenvalue weighted by molar-refractivity contribution is 0.134. The highest BCUT2D eigenvalue weighted by molar-refractivity contribution is 7.98. The van der Waals surface area contributed by atoms with Crippen molar-refractivity contribution in [2.24, 2.45) is 5.73 Å². The Bertz CT molecular complexity index is 301. The molecule has 0 saturated carbocycles. The van der Waals surface area contributed by atoms with Crippen LogP contribution in [-0.4, -0.2) is 19.0 Å². The molecule has 2 rings (SSSR count). The second kappa shape index (κ2) is 5.34. The molecule has 1 aliphatic heterocycles. The Balaban J connectivity index is 2.05. The molecule has 0 saturated heterocycles. The van der Waals surface area contributed by atoms with Crippen molar-refractivity contribution in [1.29, 1.82) is 0 Å². The number of thiophene rings is 1. The molecule has 84 valence electrons. The van der Waals surface area contributed by atoms with E-state index in [9.17, 15) is 0 Å². The van der Waals surface area contributed by atoms with E-state index in [1.165, 1.54) is 27.5 Å². The van der Waals surface area contributed by atoms with Gasteiger partial charge in [0.2, 0.25) is 0 Å². The zero-order chi connectivity index (χ0) is 10.7. The summed E-state index contributed by atoms with van der Waals surface area (Å²) < 4.78 is 5.36. The number of fused-ring (bicyclic) bond motifs is 1. The van der Waals surface area contributed by atoms with Crippen molar-refractivity contribution in [3.8, 4) is 0 Å². The molecule has 1 aliphatic rings. The van der Waals surface area contributed by atoms with E-state index in [4.69, 9.17) is 10.5 Å². The standard InChI is InChI=1S/C11H17NOS2/c1-2-13-6-9(12)11-5-8-7-14-4-3-10(8)15-11/h5,9H,2-4,6-7,12H2,1H3. The van der Waals surface area contributed by atoms with Gasteiger partial charge in [-0.3, -0.25) is 0 Å². The zero-order valence-electron chi connectivity index (χ0n) is 8.99. The van der Waals surface area contributed by atoms with Crippen molar-refractivity contribution in [1.82, 2.24) is 0 Å². The fourth-order valence-electron chi connectivity index (χ4n) is 1.68. The van der Waals surface area contributed by atoms with Crippen LogP contribution in [0.25, 0.3) is 0 Å². The van der Waals surface area contributed by atoms with Crippen LogP contribution >= 0.6 is 23.1 Å². The molecule has 0 aliphatic carbocycles. The van der Waals surface area contributed by atoms with E-state index in [-0.39, 0.29) is 6.04 Å². The summed E-state index contributed by atoms with van der Waals surface area (Å²) in [5, 5.41) is 0. The molecule has 0 spiro atoms. The van der Waals surface area contributed by atoms with Crippen molar-refractivity contribution in [3.05, 3.63) is 21.4 Å². The fourth-order valence-corrected chi connectivity index (χ4v) is 4.04. The van der Waals surface area contributed by atoms with Crippen LogP contribution < -0.4 is 5.73 Å². The minimum Gasteiger partial charge on any atom is -0.380 e. The average molecular weight is 243 g/mol. The normalized spacial score (nSPS) is 17.5. The highest BCUT2D eigenvalue weighted by atomic mass is 32.2. The first-order chi connectivity index (χ1) is 7.31. The summed E-state index contributed by atoms with van der Waals surface area (Å²) in [4.78, 5) is 2.83. The van der Waals surface area contributed by atoms with Crippen molar-refractivity contribution in [2.75, 3.05) is 19.0 Å². The molecule has 0 bridgehead atoms. The maximum absolute atomic E-state index is 6.07. The quantitative estimate of drug-likeness (QED) is 0.883. The van der Waals surface area contributed by atoms with E-state index in [2.05, 4.69) is 6.07 Å². The van der Waals surface area contributed by atoms with Gasteiger partial charge >= 0.3 is 0 Å². The lowest BCUT2D eigenvalue weighted by Crippen LogP contribution is -2.15. The van der Waals surface area contributed by atoms with Crippen molar-refractivity contribution in [2.45, 2.75) is 25.1 Å². The number of thioether (sulfide) groups is 1. The smallest absolute Gasteiger partial charge is 0.0667 e. The van der Waals surface area contributed by atoms with Crippen LogP contribution in [0.1, 0.15) is 28.3 Å². The van der Waals surface area contributed by atoms with Gasteiger partial charge in [0.15, 0.2) is 0 Å². The summed E-state index contributed by atoms with van der Waals surface area (Å²) in [7, 11) is 0. The Hall–Kier alpha value is -0.0300. The molecule has 2 nitrogen and oxygen atoms in total. The third-order valence-electron chi connectivity index (χ3n) is 2.51. The number of ether oxygens (including phenoxy) is 1. The average Bonchev–Trinajstić information content (AvgIpc) is 2.69. The molecule has 2 N–H and O–H groups in total. The molecular formula is C11H17NOS2. The van der Waals surface area contributed by atoms with Gasteiger partial charge in [-0.05, 0) is 30.7 Å². The minimum atomic E-state index is 0.0607. The maximum Gasteiger partial charge on any atom is 0.0667 e. The first kappa shape index (κ1) is 11.5. The molecule has 0 radical (unpaired) electrons. The molecule has 0 fully saturated rings. The third kappa shape index (κ3) is 2.75. The molecular weight excluding hydrogens is 226 g/mol. The monoisotopic (exact) mass is 243 g/mol. The SMILES string of the molecule is CCOCC(N)c1cc2c(s1)CCSC2. The molecule has 0 aromatic carbocycles. The van der Waals surface area contributed by atoms with E-state index in [1.807, 2.05) is 30.0 Å². The molecule has 15 heavy (non-hydrogen) atoms. The van der Waals surface area contributed by atoms with Gasteiger partial charge in [0.25, 0.3) is 0 Å². The first-order valence-corrected chi connectivity index (χ1v) is 7.31. The van der Waals surface area contributed by atoms with E-state index < -0.39 is 0 Å². The maximum atomic E-state index is 6.07. The second-order valence-electron chi connectivity index (χ2n) is 3.67. The van der Waals surface area contributed by atoms with Crippen LogP contribution in [0.4, 0.5) is 0 Å². The van der Waals surface area contributed by atoms with E-state index in [0.29, 0.717) is 6.61 Å². The molecule has 1 unspecified atom stereocenters. The molecule has 1 aromatic rings. The number of aryl methyl sites for hydroxylation is 1. The predicted molar refractivity (Wildman–Crippen MR) is 67.6 cm³/mol. The lowest BCUT2D eigenvalue weighted by atomic mass is 10.2. The lowest BCUT2D eigenvalue weighted by Gasteiger charge is -2.08. The summed E-state index contributed by atoms with van der Waals surface area (Å²) in [5.41, 5.74) is 7.57. The van der Waals surface area contributed by atoms with Gasteiger partial charge in [-0.1, -0.05) is 0 Å². The second-order valence-corrected chi connectivity index (χ2v) is 5.94. The number of hydrogen-bond donors (Lipinski definition) is 1. The Kier molecular flexibility index (Phi) is 4.08. The molecule has 1 aromatic heterocycles. The third-order valence-corrected chi connectivity index (χ3v) is 4.89. The summed E-state index contributed by atoms with van der Waals surface area (Å²) in [6, 6.07) is 2.33. The summed E-state index contributed by atoms with van der Waals surface area (Å²) in [6.07, 6.45) is 1.21. The van der Waals surface area contributed by atoms with Crippen molar-refractivity contribution < 1.29 is 4.74 Å². The van der Waals surface area contributed by atoms with Gasteiger partial charge < -0.3 is 10.5 Å². The van der Waals surface area contributed by atoms with Crippen LogP contribution in [0.2, 0.25) is 0 Å². The Morgan fingerprint density at radius 1 is 1.60 bits per heavy atom. The van der Waals surface area contributed by atoms with E-state index >= 15 is 0 Å². The highest BCUT2D eigenvalue weighted by Crippen LogP contribution is 2.33. The van der Waals surface area contributed by atoms with Gasteiger partial charge in [0, 0.05) is 22.1 Å². The van der Waals surface area contributed by atoms with Crippen molar-refractivity contribution >= 4 is 23.1 Å². The van der Waals surface area contributed by atoms with Gasteiger partial charge in [-0.25, -0.2) is 0 Å². The fraction of sp³-hybridized carbons (Fsp3) is 0.636. The summed E-state index contributed by atoms with van der Waals surface area (Å²) in [5.74, 6) is 2.42. The zero-order valence-corrected chi connectivity index (χ0v) is 10.6. The molecule has 0 amide bonds. The number of rotatable bonds is 4. The Morgan fingerprint density at radius 3 is 3.20 bits per heavy atom. The van der Waals surface area contributed by atoms with Gasteiger partial charge in [0.05, 0.1) is 12.6 Å². The van der Waals surface area contributed by atoms with Crippen LogP contribution in [0.15, 0.2) is 6.07 Å². The highest BCUT2D eigenvalue weighted by Gasteiger charge is 2.16. The topological polar surface area (TPSA) is 35.2 Å². The van der Waals surface area contributed by atoms with Gasteiger partial charge in [-0.2, -0.15) is 11.8 Å². The first-order valence-electron chi connectivity index (χ1n) is 5.33.